The van der Waals surface area contributed by atoms with Gasteiger partial charge in [-0.3, -0.25) is 14.4 Å². The molecule has 2 aromatic carbocycles. The normalized spacial score (nSPS) is 11.3. The topological polar surface area (TPSA) is 127 Å². The highest BCUT2D eigenvalue weighted by molar-refractivity contribution is 7.89. The van der Waals surface area contributed by atoms with Crippen LogP contribution >= 0.6 is 0 Å². The molecule has 0 aliphatic carbocycles. The molecule has 0 bridgehead atoms. The molecule has 3 rings (SSSR count). The van der Waals surface area contributed by atoms with E-state index in [9.17, 15) is 22.8 Å². The lowest BCUT2D eigenvalue weighted by atomic mass is 10.1. The Morgan fingerprint density at radius 1 is 1.03 bits per heavy atom. The molecule has 0 radical (unpaired) electrons. The van der Waals surface area contributed by atoms with Gasteiger partial charge < -0.3 is 9.88 Å². The van der Waals surface area contributed by atoms with Crippen molar-refractivity contribution < 1.29 is 18.0 Å². The van der Waals surface area contributed by atoms with E-state index in [4.69, 9.17) is 0 Å². The number of hydrogen-bond acceptors (Lipinski definition) is 6. The number of benzene rings is 2. The summed E-state index contributed by atoms with van der Waals surface area (Å²) in [5.74, 6) is -1.50. The maximum atomic E-state index is 12.5. The molecule has 162 valence electrons. The molecule has 0 spiro atoms. The zero-order valence-corrected chi connectivity index (χ0v) is 18.1. The van der Waals surface area contributed by atoms with E-state index in [1.165, 1.54) is 43.4 Å². The molecular weight excluding hydrogens is 420 g/mol. The summed E-state index contributed by atoms with van der Waals surface area (Å²) in [5.41, 5.74) is 2.01. The summed E-state index contributed by atoms with van der Waals surface area (Å²) in [4.78, 5) is 40.5. The van der Waals surface area contributed by atoms with Crippen molar-refractivity contribution in [3.8, 4) is 0 Å². The first kappa shape index (κ1) is 22.2. The van der Waals surface area contributed by atoms with Gasteiger partial charge in [-0.05, 0) is 49.7 Å². The molecule has 2 amide bonds. The third kappa shape index (κ3) is 4.80. The van der Waals surface area contributed by atoms with Gasteiger partial charge >= 0.3 is 0 Å². The highest BCUT2D eigenvalue weighted by atomic mass is 32.2. The van der Waals surface area contributed by atoms with Crippen LogP contribution in [0, 0.1) is 6.92 Å². The van der Waals surface area contributed by atoms with E-state index in [1.54, 1.807) is 17.6 Å². The summed E-state index contributed by atoms with van der Waals surface area (Å²) in [5, 5.41) is 2.48. The number of nitrogens with zero attached hydrogens (tertiary/aromatic N) is 2. The van der Waals surface area contributed by atoms with E-state index in [2.05, 4.69) is 10.3 Å². The molecule has 0 saturated carbocycles. The van der Waals surface area contributed by atoms with Crippen molar-refractivity contribution in [2.45, 2.75) is 26.1 Å². The van der Waals surface area contributed by atoms with Crippen LogP contribution in [0.5, 0.6) is 0 Å². The monoisotopic (exact) mass is 442 g/mol. The first-order chi connectivity index (χ1) is 14.6. The SMILES string of the molecule is CCn1c(=O)c(C)nc2cc(C(=O)NS(=O)(=O)Cc3ccc(C(=O)NC)cc3)ccc21. The fraction of sp³-hybridized carbons (Fsp3) is 0.238. The molecule has 10 heteroatoms. The van der Waals surface area contributed by atoms with Gasteiger partial charge in [0.05, 0.1) is 16.8 Å². The minimum absolute atomic E-state index is 0.110. The Morgan fingerprint density at radius 3 is 2.29 bits per heavy atom. The Kier molecular flexibility index (Phi) is 6.21. The van der Waals surface area contributed by atoms with Crippen molar-refractivity contribution in [1.29, 1.82) is 0 Å². The molecule has 9 nitrogen and oxygen atoms in total. The summed E-state index contributed by atoms with van der Waals surface area (Å²) in [7, 11) is -2.48. The number of carbonyl (C=O) groups excluding carboxylic acids is 2. The van der Waals surface area contributed by atoms with Gasteiger partial charge in [-0.15, -0.1) is 0 Å². The second-order valence-corrected chi connectivity index (χ2v) is 8.64. The predicted octanol–water partition coefficient (Wildman–Crippen LogP) is 1.34. The van der Waals surface area contributed by atoms with Crippen molar-refractivity contribution >= 4 is 32.9 Å². The Hall–Kier alpha value is -3.53. The summed E-state index contributed by atoms with van der Waals surface area (Å²) in [6, 6.07) is 10.5. The van der Waals surface area contributed by atoms with Crippen LogP contribution in [0.2, 0.25) is 0 Å². The van der Waals surface area contributed by atoms with E-state index in [1.807, 2.05) is 11.6 Å². The Balaban J connectivity index is 1.81. The van der Waals surface area contributed by atoms with Crippen molar-refractivity contribution in [2.24, 2.45) is 0 Å². The number of rotatable bonds is 6. The van der Waals surface area contributed by atoms with Crippen molar-refractivity contribution in [2.75, 3.05) is 7.05 Å². The van der Waals surface area contributed by atoms with Crippen molar-refractivity contribution in [1.82, 2.24) is 19.6 Å². The average molecular weight is 442 g/mol. The summed E-state index contributed by atoms with van der Waals surface area (Å²) in [6.45, 7) is 3.85. The van der Waals surface area contributed by atoms with Gasteiger partial charge in [0.25, 0.3) is 17.4 Å². The fourth-order valence-electron chi connectivity index (χ4n) is 3.18. The molecule has 0 fully saturated rings. The van der Waals surface area contributed by atoms with Gasteiger partial charge in [-0.2, -0.15) is 0 Å². The van der Waals surface area contributed by atoms with Crippen LogP contribution in [0.3, 0.4) is 0 Å². The van der Waals surface area contributed by atoms with Crippen LogP contribution in [0.4, 0.5) is 0 Å². The Morgan fingerprint density at radius 2 is 1.68 bits per heavy atom. The van der Waals surface area contributed by atoms with E-state index < -0.39 is 21.7 Å². The van der Waals surface area contributed by atoms with Gasteiger partial charge in [-0.25, -0.2) is 18.1 Å². The van der Waals surface area contributed by atoms with E-state index in [0.29, 0.717) is 34.4 Å². The molecule has 0 unspecified atom stereocenters. The van der Waals surface area contributed by atoms with Crippen LogP contribution < -0.4 is 15.6 Å². The average Bonchev–Trinajstić information content (AvgIpc) is 2.73. The molecule has 0 aliphatic rings. The maximum absolute atomic E-state index is 12.5. The highest BCUT2D eigenvalue weighted by Crippen LogP contribution is 2.14. The second kappa shape index (κ2) is 8.68. The smallest absolute Gasteiger partial charge is 0.272 e. The van der Waals surface area contributed by atoms with Crippen LogP contribution in [-0.2, 0) is 22.3 Å². The second-order valence-electron chi connectivity index (χ2n) is 6.92. The van der Waals surface area contributed by atoms with Crippen LogP contribution in [-0.4, -0.2) is 36.8 Å². The minimum Gasteiger partial charge on any atom is -0.355 e. The summed E-state index contributed by atoms with van der Waals surface area (Å²) in [6.07, 6.45) is 0. The summed E-state index contributed by atoms with van der Waals surface area (Å²) < 4.78 is 28.5. The fourth-order valence-corrected chi connectivity index (χ4v) is 4.29. The minimum atomic E-state index is -3.98. The molecule has 31 heavy (non-hydrogen) atoms. The largest absolute Gasteiger partial charge is 0.355 e. The van der Waals surface area contributed by atoms with Crippen LogP contribution in [0.1, 0.15) is 38.9 Å². The Bertz CT molecular complexity index is 1330. The molecule has 1 aromatic heterocycles. The van der Waals surface area contributed by atoms with Gasteiger partial charge in [0.15, 0.2) is 0 Å². The first-order valence-corrected chi connectivity index (χ1v) is 11.2. The zero-order valence-electron chi connectivity index (χ0n) is 17.3. The molecule has 0 atom stereocenters. The number of hydrogen-bond donors (Lipinski definition) is 2. The van der Waals surface area contributed by atoms with Crippen molar-refractivity contribution in [3.63, 3.8) is 0 Å². The van der Waals surface area contributed by atoms with Crippen molar-refractivity contribution in [3.05, 3.63) is 75.2 Å². The first-order valence-electron chi connectivity index (χ1n) is 9.52. The standard InChI is InChI=1S/C21H22N4O5S/c1-4-25-18-10-9-16(11-17(18)23-13(2)21(25)28)20(27)24-31(29,30)12-14-5-7-15(8-6-14)19(26)22-3/h5-11H,4,12H2,1-3H3,(H,22,26)(H,24,27). The Labute approximate surface area is 179 Å². The molecule has 2 N–H and O–H groups in total. The third-order valence-electron chi connectivity index (χ3n) is 4.74. The molecule has 0 saturated heterocycles. The maximum Gasteiger partial charge on any atom is 0.272 e. The van der Waals surface area contributed by atoms with Gasteiger partial charge in [-0.1, -0.05) is 12.1 Å². The number of carbonyl (C=O) groups is 2. The number of aromatic nitrogens is 2. The van der Waals surface area contributed by atoms with E-state index >= 15 is 0 Å². The van der Waals surface area contributed by atoms with E-state index in [-0.39, 0.29) is 17.0 Å². The molecular formula is C21H22N4O5S. The lowest BCUT2D eigenvalue weighted by Gasteiger charge is -2.11. The number of amides is 2. The number of nitrogens with one attached hydrogen (secondary N) is 2. The molecule has 3 aromatic rings. The zero-order chi connectivity index (χ0) is 22.8. The highest BCUT2D eigenvalue weighted by Gasteiger charge is 2.18. The van der Waals surface area contributed by atoms with Crippen LogP contribution in [0.25, 0.3) is 11.0 Å². The lowest BCUT2D eigenvalue weighted by molar-refractivity contribution is 0.0960. The van der Waals surface area contributed by atoms with Crippen LogP contribution in [0.15, 0.2) is 47.3 Å². The number of fused-ring (bicyclic) bond motifs is 1. The molecule has 0 aliphatic heterocycles. The van der Waals surface area contributed by atoms with Gasteiger partial charge in [0.1, 0.15) is 5.69 Å². The van der Waals surface area contributed by atoms with Gasteiger partial charge in [0, 0.05) is 24.7 Å². The quantitative estimate of drug-likeness (QED) is 0.593. The third-order valence-corrected chi connectivity index (χ3v) is 5.95. The number of aryl methyl sites for hydroxylation is 2. The predicted molar refractivity (Wildman–Crippen MR) is 116 cm³/mol. The summed E-state index contributed by atoms with van der Waals surface area (Å²) >= 11 is 0. The van der Waals surface area contributed by atoms with E-state index in [0.717, 1.165) is 0 Å². The molecule has 1 heterocycles. The van der Waals surface area contributed by atoms with Gasteiger partial charge in [0.2, 0.25) is 10.0 Å². The number of sulfonamides is 1. The lowest BCUT2D eigenvalue weighted by Crippen LogP contribution is -2.31.